The Morgan fingerprint density at radius 1 is 1.00 bits per heavy atom. The van der Waals surface area contributed by atoms with Gasteiger partial charge >= 0.3 is 0 Å². The Hall–Kier alpha value is -2.92. The van der Waals surface area contributed by atoms with Gasteiger partial charge in [-0.25, -0.2) is 9.97 Å². The minimum Gasteiger partial charge on any atom is -0.399 e. The Morgan fingerprint density at radius 3 is 2.57 bits per heavy atom. The summed E-state index contributed by atoms with van der Waals surface area (Å²) in [4.78, 5) is 8.54. The number of hydrogen-bond donors (Lipinski definition) is 3. The van der Waals surface area contributed by atoms with Gasteiger partial charge in [0.05, 0.1) is 5.69 Å². The van der Waals surface area contributed by atoms with Gasteiger partial charge in [0, 0.05) is 29.6 Å². The van der Waals surface area contributed by atoms with Crippen LogP contribution in [-0.2, 0) is 6.42 Å². The van der Waals surface area contributed by atoms with E-state index in [1.807, 2.05) is 54.6 Å². The van der Waals surface area contributed by atoms with Crippen molar-refractivity contribution in [2.45, 2.75) is 6.42 Å². The van der Waals surface area contributed by atoms with Gasteiger partial charge in [-0.2, -0.15) is 0 Å². The second-order valence-electron chi connectivity index (χ2n) is 5.21. The van der Waals surface area contributed by atoms with Crippen molar-refractivity contribution < 1.29 is 5.11 Å². The molecule has 23 heavy (non-hydrogen) atoms. The van der Waals surface area contributed by atoms with Gasteiger partial charge < -0.3 is 16.2 Å². The number of aliphatic hydroxyl groups excluding tert-OH is 1. The molecule has 0 spiro atoms. The number of aromatic nitrogens is 2. The summed E-state index contributed by atoms with van der Waals surface area (Å²) in [5.74, 6) is 0.715. The second kappa shape index (κ2) is 6.89. The van der Waals surface area contributed by atoms with E-state index in [1.165, 1.54) is 6.33 Å². The topological polar surface area (TPSA) is 84.1 Å². The first kappa shape index (κ1) is 15.0. The fourth-order valence-corrected chi connectivity index (χ4v) is 2.31. The molecule has 0 saturated heterocycles. The maximum Gasteiger partial charge on any atom is 0.134 e. The fraction of sp³-hybridized carbons (Fsp3) is 0.111. The Kier molecular flexibility index (Phi) is 4.49. The number of hydrogen-bond acceptors (Lipinski definition) is 5. The molecule has 0 aliphatic rings. The molecule has 116 valence electrons. The molecule has 0 aliphatic heterocycles. The van der Waals surface area contributed by atoms with Crippen LogP contribution in [0.1, 0.15) is 5.56 Å². The van der Waals surface area contributed by atoms with E-state index < -0.39 is 0 Å². The zero-order valence-corrected chi connectivity index (χ0v) is 12.6. The van der Waals surface area contributed by atoms with E-state index in [-0.39, 0.29) is 6.61 Å². The maximum atomic E-state index is 8.94. The molecule has 0 amide bonds. The van der Waals surface area contributed by atoms with Gasteiger partial charge in [0.1, 0.15) is 12.1 Å². The van der Waals surface area contributed by atoms with Crippen molar-refractivity contribution in [3.05, 3.63) is 66.5 Å². The molecule has 1 aromatic heterocycles. The van der Waals surface area contributed by atoms with Gasteiger partial charge in [-0.3, -0.25) is 0 Å². The summed E-state index contributed by atoms with van der Waals surface area (Å²) in [6.45, 7) is 0.155. The molecule has 0 radical (unpaired) electrons. The lowest BCUT2D eigenvalue weighted by molar-refractivity contribution is 0.299. The molecule has 0 atom stereocenters. The maximum absolute atomic E-state index is 8.94. The van der Waals surface area contributed by atoms with E-state index in [1.54, 1.807) is 0 Å². The number of nitrogen functional groups attached to an aromatic ring is 1. The van der Waals surface area contributed by atoms with Crippen molar-refractivity contribution in [3.63, 3.8) is 0 Å². The van der Waals surface area contributed by atoms with Crippen LogP contribution in [0, 0.1) is 0 Å². The lowest BCUT2D eigenvalue weighted by Gasteiger charge is -2.08. The number of anilines is 3. The molecular formula is C18H18N4O. The highest BCUT2D eigenvalue weighted by Crippen LogP contribution is 2.22. The van der Waals surface area contributed by atoms with Crippen molar-refractivity contribution in [1.29, 1.82) is 0 Å². The van der Waals surface area contributed by atoms with E-state index in [2.05, 4.69) is 15.3 Å². The van der Waals surface area contributed by atoms with Crippen LogP contribution in [0.4, 0.5) is 17.2 Å². The second-order valence-corrected chi connectivity index (χ2v) is 5.21. The van der Waals surface area contributed by atoms with Crippen LogP contribution in [-0.4, -0.2) is 21.7 Å². The first-order chi connectivity index (χ1) is 11.2. The van der Waals surface area contributed by atoms with Gasteiger partial charge in [0.25, 0.3) is 0 Å². The van der Waals surface area contributed by atoms with E-state index in [0.717, 1.165) is 22.5 Å². The minimum absolute atomic E-state index is 0.155. The third-order valence-corrected chi connectivity index (χ3v) is 3.48. The highest BCUT2D eigenvalue weighted by atomic mass is 16.2. The molecule has 2 aromatic carbocycles. The molecule has 5 nitrogen and oxygen atoms in total. The molecule has 0 aliphatic carbocycles. The Balaban J connectivity index is 1.80. The summed E-state index contributed by atoms with van der Waals surface area (Å²) in [7, 11) is 0. The molecule has 4 N–H and O–H groups in total. The first-order valence-electron chi connectivity index (χ1n) is 7.39. The summed E-state index contributed by atoms with van der Waals surface area (Å²) in [5, 5.41) is 12.2. The third kappa shape index (κ3) is 3.84. The largest absolute Gasteiger partial charge is 0.399 e. The van der Waals surface area contributed by atoms with Gasteiger partial charge in [-0.15, -0.1) is 0 Å². The van der Waals surface area contributed by atoms with Gasteiger partial charge in [0.15, 0.2) is 0 Å². The average Bonchev–Trinajstić information content (AvgIpc) is 2.57. The summed E-state index contributed by atoms with van der Waals surface area (Å²) < 4.78 is 0. The highest BCUT2D eigenvalue weighted by Gasteiger charge is 2.03. The van der Waals surface area contributed by atoms with E-state index in [4.69, 9.17) is 10.8 Å². The van der Waals surface area contributed by atoms with Gasteiger partial charge in [0.2, 0.25) is 0 Å². The predicted molar refractivity (Wildman–Crippen MR) is 92.4 cm³/mol. The summed E-state index contributed by atoms with van der Waals surface area (Å²) in [6.07, 6.45) is 2.19. The van der Waals surface area contributed by atoms with Gasteiger partial charge in [-0.1, -0.05) is 24.3 Å². The monoisotopic (exact) mass is 306 g/mol. The smallest absolute Gasteiger partial charge is 0.134 e. The van der Waals surface area contributed by atoms with Gasteiger partial charge in [-0.05, 0) is 36.2 Å². The van der Waals surface area contributed by atoms with E-state index in [0.29, 0.717) is 17.9 Å². The van der Waals surface area contributed by atoms with Crippen molar-refractivity contribution in [1.82, 2.24) is 9.97 Å². The van der Waals surface area contributed by atoms with Crippen LogP contribution >= 0.6 is 0 Å². The van der Waals surface area contributed by atoms with Crippen LogP contribution in [0.2, 0.25) is 0 Å². The normalized spacial score (nSPS) is 10.5. The number of nitrogens with two attached hydrogens (primary N) is 1. The van der Waals surface area contributed by atoms with Crippen LogP contribution < -0.4 is 11.1 Å². The highest BCUT2D eigenvalue weighted by molar-refractivity contribution is 5.67. The van der Waals surface area contributed by atoms with Crippen LogP contribution in [0.3, 0.4) is 0 Å². The number of rotatable bonds is 5. The lowest BCUT2D eigenvalue weighted by Crippen LogP contribution is -1.96. The zero-order chi connectivity index (χ0) is 16.1. The molecule has 0 saturated carbocycles. The summed E-state index contributed by atoms with van der Waals surface area (Å²) >= 11 is 0. The van der Waals surface area contributed by atoms with Crippen LogP contribution in [0.25, 0.3) is 11.3 Å². The molecule has 3 aromatic rings. The Bertz CT molecular complexity index is 787. The first-order valence-corrected chi connectivity index (χ1v) is 7.39. The standard InChI is InChI=1S/C18H18N4O/c19-15-3-1-2-14(10-15)17-11-18(21-12-20-17)22-16-6-4-13(5-7-16)8-9-23/h1-7,10-12,23H,8-9,19H2,(H,20,21,22). The molecule has 5 heteroatoms. The fourth-order valence-electron chi connectivity index (χ4n) is 2.31. The number of nitrogens with one attached hydrogen (secondary N) is 1. The minimum atomic E-state index is 0.155. The Morgan fingerprint density at radius 2 is 1.83 bits per heavy atom. The van der Waals surface area contributed by atoms with Crippen molar-refractivity contribution in [2.24, 2.45) is 0 Å². The number of benzene rings is 2. The quantitative estimate of drug-likeness (QED) is 0.631. The average molecular weight is 306 g/mol. The number of aliphatic hydroxyl groups is 1. The number of nitrogens with zero attached hydrogens (tertiary/aromatic N) is 2. The van der Waals surface area contributed by atoms with Crippen LogP contribution in [0.15, 0.2) is 60.9 Å². The van der Waals surface area contributed by atoms with E-state index in [9.17, 15) is 0 Å². The molecule has 0 bridgehead atoms. The van der Waals surface area contributed by atoms with Crippen molar-refractivity contribution >= 4 is 17.2 Å². The molecule has 0 fully saturated rings. The SMILES string of the molecule is Nc1cccc(-c2cc(Nc3ccc(CCO)cc3)ncn2)c1. The molecule has 3 rings (SSSR count). The molecule has 1 heterocycles. The van der Waals surface area contributed by atoms with E-state index >= 15 is 0 Å². The zero-order valence-electron chi connectivity index (χ0n) is 12.6. The predicted octanol–water partition coefficient (Wildman–Crippen LogP) is 3.00. The summed E-state index contributed by atoms with van der Waals surface area (Å²) in [5.41, 5.74) is 10.3. The third-order valence-electron chi connectivity index (χ3n) is 3.48. The van der Waals surface area contributed by atoms with Crippen LogP contribution in [0.5, 0.6) is 0 Å². The molecular weight excluding hydrogens is 288 g/mol. The lowest BCUT2D eigenvalue weighted by atomic mass is 10.1. The van der Waals surface area contributed by atoms with Crippen molar-refractivity contribution in [2.75, 3.05) is 17.7 Å². The Labute approximate surface area is 134 Å². The summed E-state index contributed by atoms with van der Waals surface area (Å²) in [6, 6.07) is 17.4. The van der Waals surface area contributed by atoms with Crippen molar-refractivity contribution in [3.8, 4) is 11.3 Å². The molecule has 0 unspecified atom stereocenters.